The molecule has 0 saturated heterocycles. The molecule has 0 aliphatic heterocycles. The van der Waals surface area contributed by atoms with Crippen LogP contribution in [-0.2, 0) is 18.3 Å². The van der Waals surface area contributed by atoms with Crippen LogP contribution >= 0.6 is 0 Å². The van der Waals surface area contributed by atoms with E-state index in [1.165, 1.54) is 30.9 Å². The van der Waals surface area contributed by atoms with E-state index >= 15 is 0 Å². The van der Waals surface area contributed by atoms with Crippen molar-refractivity contribution in [1.82, 2.24) is 20.4 Å². The number of benzene rings is 2. The molecule has 2 amide bonds. The van der Waals surface area contributed by atoms with Crippen molar-refractivity contribution in [3.63, 3.8) is 0 Å². The first-order valence-electron chi connectivity index (χ1n) is 9.20. The van der Waals surface area contributed by atoms with Crippen LogP contribution in [0, 0.1) is 0 Å². The van der Waals surface area contributed by atoms with Crippen molar-refractivity contribution < 1.29 is 19.1 Å². The normalized spacial score (nSPS) is 10.5. The highest BCUT2D eigenvalue weighted by molar-refractivity contribution is 5.96. The van der Waals surface area contributed by atoms with Gasteiger partial charge in [-0.3, -0.25) is 29.8 Å². The van der Waals surface area contributed by atoms with Crippen LogP contribution in [0.1, 0.15) is 22.6 Å². The minimum absolute atomic E-state index is 0.0420. The van der Waals surface area contributed by atoms with Crippen molar-refractivity contribution in [2.24, 2.45) is 7.05 Å². The fraction of sp³-hybridized carbons (Fsp3) is 0.238. The Morgan fingerprint density at radius 2 is 1.70 bits per heavy atom. The molecule has 9 nitrogen and oxygen atoms in total. The minimum Gasteiger partial charge on any atom is -0.497 e. The van der Waals surface area contributed by atoms with Crippen molar-refractivity contribution in [3.05, 3.63) is 64.2 Å². The lowest BCUT2D eigenvalue weighted by Gasteiger charge is -2.11. The Kier molecular flexibility index (Phi) is 6.31. The molecular weight excluding hydrogens is 388 g/mol. The summed E-state index contributed by atoms with van der Waals surface area (Å²) in [7, 11) is 4.58. The van der Waals surface area contributed by atoms with Gasteiger partial charge in [-0.15, -0.1) is 0 Å². The van der Waals surface area contributed by atoms with Crippen LogP contribution in [0.2, 0.25) is 0 Å². The van der Waals surface area contributed by atoms with Crippen LogP contribution in [0.3, 0.4) is 0 Å². The fourth-order valence-electron chi connectivity index (χ4n) is 2.91. The largest absolute Gasteiger partial charge is 0.497 e. The molecule has 156 valence electrons. The number of hydrogen-bond donors (Lipinski definition) is 2. The average Bonchev–Trinajstić information content (AvgIpc) is 2.78. The molecule has 30 heavy (non-hydrogen) atoms. The van der Waals surface area contributed by atoms with Gasteiger partial charge in [0.2, 0.25) is 5.91 Å². The van der Waals surface area contributed by atoms with Gasteiger partial charge in [0.1, 0.15) is 17.3 Å². The molecule has 2 aromatic carbocycles. The number of nitrogens with zero attached hydrogens (tertiary/aromatic N) is 2. The third-order valence-electron chi connectivity index (χ3n) is 4.58. The van der Waals surface area contributed by atoms with Gasteiger partial charge in [-0.2, -0.15) is 0 Å². The maximum absolute atomic E-state index is 12.4. The van der Waals surface area contributed by atoms with Crippen LogP contribution in [0.15, 0.2) is 47.3 Å². The molecular formula is C21H22N4O5. The molecule has 0 bridgehead atoms. The topological polar surface area (TPSA) is 112 Å². The zero-order valence-electron chi connectivity index (χ0n) is 16.9. The summed E-state index contributed by atoms with van der Waals surface area (Å²) in [6.07, 6.45) is 0.283. The van der Waals surface area contributed by atoms with Gasteiger partial charge in [-0.05, 0) is 24.3 Å². The molecule has 0 spiro atoms. The van der Waals surface area contributed by atoms with Gasteiger partial charge in [0.25, 0.3) is 11.5 Å². The van der Waals surface area contributed by atoms with Gasteiger partial charge in [0.15, 0.2) is 0 Å². The predicted octanol–water partition coefficient (Wildman–Crippen LogP) is 1.34. The number of ether oxygens (including phenoxy) is 2. The van der Waals surface area contributed by atoms with Crippen LogP contribution in [0.5, 0.6) is 11.5 Å². The number of para-hydroxylation sites is 1. The number of fused-ring (bicyclic) bond motifs is 1. The Morgan fingerprint density at radius 3 is 2.37 bits per heavy atom. The van der Waals surface area contributed by atoms with E-state index in [4.69, 9.17) is 9.47 Å². The molecule has 0 saturated carbocycles. The van der Waals surface area contributed by atoms with Crippen molar-refractivity contribution >= 4 is 22.7 Å². The van der Waals surface area contributed by atoms with Gasteiger partial charge in [-0.1, -0.05) is 12.1 Å². The highest BCUT2D eigenvalue weighted by atomic mass is 16.5. The third-order valence-corrected chi connectivity index (χ3v) is 4.58. The number of hydrazine groups is 1. The number of amides is 2. The lowest BCUT2D eigenvalue weighted by atomic mass is 10.2. The van der Waals surface area contributed by atoms with E-state index in [-0.39, 0.29) is 24.0 Å². The van der Waals surface area contributed by atoms with E-state index in [9.17, 15) is 14.4 Å². The molecule has 0 aliphatic carbocycles. The van der Waals surface area contributed by atoms with Crippen LogP contribution in [0.25, 0.3) is 10.9 Å². The van der Waals surface area contributed by atoms with E-state index in [1.54, 1.807) is 37.4 Å². The molecule has 9 heteroatoms. The van der Waals surface area contributed by atoms with E-state index in [0.29, 0.717) is 28.2 Å². The van der Waals surface area contributed by atoms with E-state index < -0.39 is 11.8 Å². The quantitative estimate of drug-likeness (QED) is 0.594. The number of carbonyl (C=O) groups is 2. The van der Waals surface area contributed by atoms with Gasteiger partial charge < -0.3 is 9.47 Å². The first-order valence-corrected chi connectivity index (χ1v) is 9.20. The number of aryl methyl sites for hydroxylation is 1. The number of rotatable bonds is 6. The van der Waals surface area contributed by atoms with E-state index in [1.807, 2.05) is 0 Å². The second kappa shape index (κ2) is 9.08. The summed E-state index contributed by atoms with van der Waals surface area (Å²) in [6.45, 7) is 0. The lowest BCUT2D eigenvalue weighted by Crippen LogP contribution is -2.41. The zero-order chi connectivity index (χ0) is 21.7. The van der Waals surface area contributed by atoms with Crippen LogP contribution in [0.4, 0.5) is 0 Å². The van der Waals surface area contributed by atoms with Gasteiger partial charge in [-0.25, -0.2) is 4.98 Å². The lowest BCUT2D eigenvalue weighted by molar-refractivity contribution is -0.121. The highest BCUT2D eigenvalue weighted by Crippen LogP contribution is 2.22. The number of nitrogens with one attached hydrogen (secondary N) is 2. The summed E-state index contributed by atoms with van der Waals surface area (Å²) in [5.41, 5.74) is 5.40. The van der Waals surface area contributed by atoms with Crippen LogP contribution < -0.4 is 25.9 Å². The first kappa shape index (κ1) is 20.8. The molecule has 0 aliphatic rings. The number of methoxy groups -OCH3 is 2. The predicted molar refractivity (Wildman–Crippen MR) is 110 cm³/mol. The molecule has 2 N–H and O–H groups in total. The van der Waals surface area contributed by atoms with Crippen molar-refractivity contribution in [3.8, 4) is 11.5 Å². The average molecular weight is 410 g/mol. The van der Waals surface area contributed by atoms with Crippen LogP contribution in [-0.4, -0.2) is 35.6 Å². The van der Waals surface area contributed by atoms with E-state index in [2.05, 4.69) is 15.8 Å². The third kappa shape index (κ3) is 4.57. The summed E-state index contributed by atoms with van der Waals surface area (Å²) >= 11 is 0. The molecule has 3 rings (SSSR count). The molecule has 0 fully saturated rings. The van der Waals surface area contributed by atoms with Gasteiger partial charge >= 0.3 is 0 Å². The summed E-state index contributed by atoms with van der Waals surface area (Å²) in [5.74, 6) is 0.457. The molecule has 0 unspecified atom stereocenters. The standard InChI is InChI=1S/C21H22N4O5/c1-25-18(22-17-7-5-4-6-16(17)21(25)28)8-9-19(26)23-24-20(27)13-10-14(29-2)12-15(11-13)30-3/h4-7,10-12H,8-9H2,1-3H3,(H,23,26)(H,24,27). The Bertz CT molecular complexity index is 1130. The summed E-state index contributed by atoms with van der Waals surface area (Å²) in [6, 6.07) is 11.7. The maximum atomic E-state index is 12.4. The van der Waals surface area contributed by atoms with Crippen molar-refractivity contribution in [2.75, 3.05) is 14.2 Å². The SMILES string of the molecule is COc1cc(OC)cc(C(=O)NNC(=O)CCc2nc3ccccc3c(=O)n2C)c1. The highest BCUT2D eigenvalue weighted by Gasteiger charge is 2.13. The second-order valence-corrected chi connectivity index (χ2v) is 6.51. The second-order valence-electron chi connectivity index (χ2n) is 6.51. The number of hydrogen-bond acceptors (Lipinski definition) is 6. The molecule has 0 atom stereocenters. The Hall–Kier alpha value is -3.88. The van der Waals surface area contributed by atoms with Gasteiger partial charge in [0, 0.05) is 31.5 Å². The number of carbonyl (C=O) groups excluding carboxylic acids is 2. The van der Waals surface area contributed by atoms with E-state index in [0.717, 1.165) is 0 Å². The summed E-state index contributed by atoms with van der Waals surface area (Å²) < 4.78 is 11.7. The summed E-state index contributed by atoms with van der Waals surface area (Å²) in [4.78, 5) is 41.3. The Morgan fingerprint density at radius 1 is 1.03 bits per heavy atom. The number of aromatic nitrogens is 2. The molecule has 0 radical (unpaired) electrons. The monoisotopic (exact) mass is 410 g/mol. The van der Waals surface area contributed by atoms with Crippen molar-refractivity contribution in [1.29, 1.82) is 0 Å². The Balaban J connectivity index is 1.62. The Labute approximate surface area is 172 Å². The fourth-order valence-corrected chi connectivity index (χ4v) is 2.91. The van der Waals surface area contributed by atoms with Crippen molar-refractivity contribution in [2.45, 2.75) is 12.8 Å². The summed E-state index contributed by atoms with van der Waals surface area (Å²) in [5, 5.41) is 0.522. The van der Waals surface area contributed by atoms with Gasteiger partial charge in [0.05, 0.1) is 25.1 Å². The molecule has 1 aromatic heterocycles. The zero-order valence-corrected chi connectivity index (χ0v) is 16.9. The minimum atomic E-state index is -0.517. The molecule has 1 heterocycles. The smallest absolute Gasteiger partial charge is 0.269 e. The molecule has 3 aromatic rings. The first-order chi connectivity index (χ1) is 14.4. The maximum Gasteiger partial charge on any atom is 0.269 e.